The molecule has 0 spiro atoms. The zero-order valence-corrected chi connectivity index (χ0v) is 39.8. The van der Waals surface area contributed by atoms with Gasteiger partial charge in [0.2, 0.25) is 0 Å². The number of phosphoric acid groups is 1. The predicted molar refractivity (Wildman–Crippen MR) is 256 cm³/mol. The van der Waals surface area contributed by atoms with E-state index in [4.69, 9.17) is 24.3 Å². The predicted octanol–water partition coefficient (Wildman–Crippen LogP) is 15.3. The second-order valence-corrected chi connectivity index (χ2v) is 17.8. The molecule has 350 valence electrons. The lowest BCUT2D eigenvalue weighted by atomic mass is 10.0. The Morgan fingerprint density at radius 1 is 0.517 bits per heavy atom. The van der Waals surface area contributed by atoms with Crippen LogP contribution in [0.5, 0.6) is 0 Å². The summed E-state index contributed by atoms with van der Waals surface area (Å²) in [5.74, 6) is -0.335. The second kappa shape index (κ2) is 48.2. The highest BCUT2D eigenvalue weighted by molar-refractivity contribution is 7.47. The summed E-state index contributed by atoms with van der Waals surface area (Å²) in [6.07, 6.45) is 59.6. The van der Waals surface area contributed by atoms with Gasteiger partial charge in [-0.2, -0.15) is 0 Å². The van der Waals surface area contributed by atoms with Crippen LogP contribution in [0.3, 0.4) is 0 Å². The first-order valence-electron chi connectivity index (χ1n) is 24.8. The van der Waals surface area contributed by atoms with E-state index in [2.05, 4.69) is 74.6 Å². The lowest BCUT2D eigenvalue weighted by molar-refractivity contribution is -0.154. The average Bonchev–Trinajstić information content (AvgIpc) is 3.24. The van der Waals surface area contributed by atoms with E-state index in [-0.39, 0.29) is 32.3 Å². The number of ether oxygens (including phenoxy) is 2. The third-order valence-electron chi connectivity index (χ3n) is 10.4. The number of hydrogen-bond acceptors (Lipinski definition) is 7. The third-order valence-corrected chi connectivity index (χ3v) is 11.4. The number of rotatable bonds is 47. The van der Waals surface area contributed by atoms with Crippen molar-refractivity contribution in [2.24, 2.45) is 5.73 Å². The maximum Gasteiger partial charge on any atom is 0.472 e. The summed E-state index contributed by atoms with van der Waals surface area (Å²) in [6.45, 7) is 4.83. The van der Waals surface area contributed by atoms with Crippen molar-refractivity contribution in [1.29, 1.82) is 0 Å². The van der Waals surface area contributed by atoms with Crippen molar-refractivity contribution >= 4 is 13.8 Å². The summed E-state index contributed by atoms with van der Waals surface area (Å²) < 4.78 is 33.6. The molecular formula is C51H94NO7P. The van der Waals surface area contributed by atoms with Crippen molar-refractivity contribution in [3.63, 3.8) is 0 Å². The molecule has 0 radical (unpaired) electrons. The molecule has 0 aromatic heterocycles. The Labute approximate surface area is 370 Å². The van der Waals surface area contributed by atoms with Gasteiger partial charge in [-0.15, -0.1) is 0 Å². The summed E-state index contributed by atoms with van der Waals surface area (Å²) in [5, 5.41) is 0. The largest absolute Gasteiger partial charge is 0.472 e. The van der Waals surface area contributed by atoms with Gasteiger partial charge in [0.1, 0.15) is 6.10 Å². The van der Waals surface area contributed by atoms with Crippen molar-refractivity contribution in [3.8, 4) is 0 Å². The zero-order valence-electron chi connectivity index (χ0n) is 38.9. The van der Waals surface area contributed by atoms with Crippen LogP contribution in [-0.2, 0) is 27.9 Å². The van der Waals surface area contributed by atoms with Crippen molar-refractivity contribution < 1.29 is 32.8 Å². The highest BCUT2D eigenvalue weighted by atomic mass is 31.2. The van der Waals surface area contributed by atoms with Crippen LogP contribution in [0.25, 0.3) is 0 Å². The number of carbonyl (C=O) groups is 1. The van der Waals surface area contributed by atoms with E-state index in [0.717, 1.165) is 70.6 Å². The number of carbonyl (C=O) groups excluding carboxylic acids is 1. The Kier molecular flexibility index (Phi) is 46.8. The first kappa shape index (κ1) is 58.2. The first-order valence-corrected chi connectivity index (χ1v) is 26.3. The fourth-order valence-corrected chi connectivity index (χ4v) is 7.61. The standard InChI is InChI=1S/C51H94NO7P/c1-3-5-7-9-11-13-15-17-19-21-22-23-24-25-26-27-28-29-30-32-34-36-38-40-42-44-51(53)59-50(49-58-60(54,55)57-47-45-52)48-56-46-43-41-39-37-35-33-31-20-18-16-14-12-10-8-6-4-2/h5,7,11,13,17,19,22-23,25-26,50H,3-4,6,8-10,12,14-16,18,20-21,24,27-49,52H2,1-2H3,(H,54,55)/b7-5-,13-11-,19-17-,23-22-,26-25-. The van der Waals surface area contributed by atoms with Gasteiger partial charge in [0.15, 0.2) is 0 Å². The van der Waals surface area contributed by atoms with Crippen LogP contribution >= 0.6 is 7.82 Å². The van der Waals surface area contributed by atoms with Crippen LogP contribution in [0.15, 0.2) is 60.8 Å². The minimum Gasteiger partial charge on any atom is -0.457 e. The van der Waals surface area contributed by atoms with Crippen molar-refractivity contribution in [2.45, 2.75) is 225 Å². The molecule has 0 aliphatic heterocycles. The topological polar surface area (TPSA) is 117 Å². The quantitative estimate of drug-likeness (QED) is 0.0269. The van der Waals surface area contributed by atoms with Gasteiger partial charge < -0.3 is 20.1 Å². The van der Waals surface area contributed by atoms with Gasteiger partial charge in [-0.25, -0.2) is 4.57 Å². The summed E-state index contributed by atoms with van der Waals surface area (Å²) in [7, 11) is -4.28. The molecule has 8 nitrogen and oxygen atoms in total. The zero-order chi connectivity index (χ0) is 43.7. The molecule has 0 fully saturated rings. The van der Waals surface area contributed by atoms with Crippen LogP contribution in [0.1, 0.15) is 219 Å². The normalized spacial score (nSPS) is 13.9. The lowest BCUT2D eigenvalue weighted by Crippen LogP contribution is -2.28. The fraction of sp³-hybridized carbons (Fsp3) is 0.784. The first-order chi connectivity index (χ1) is 29.4. The lowest BCUT2D eigenvalue weighted by Gasteiger charge is -2.20. The molecule has 2 atom stereocenters. The SMILES string of the molecule is CC/C=C\C/C=C\C/C=C\C/C=C\C/C=C\CCCCCCCCCCCC(=O)OC(COCCCCCCCCCCCCCCCCCC)COP(=O)(O)OCCN. The van der Waals surface area contributed by atoms with Crippen molar-refractivity contribution in [1.82, 2.24) is 0 Å². The molecule has 0 rings (SSSR count). The Balaban J connectivity index is 3.96. The molecule has 0 heterocycles. The van der Waals surface area contributed by atoms with Crippen molar-refractivity contribution in [3.05, 3.63) is 60.8 Å². The number of esters is 1. The van der Waals surface area contributed by atoms with Crippen LogP contribution in [-0.4, -0.2) is 49.9 Å². The molecular weight excluding hydrogens is 770 g/mol. The van der Waals surface area contributed by atoms with Crippen LogP contribution in [0.4, 0.5) is 0 Å². The van der Waals surface area contributed by atoms with Gasteiger partial charge in [-0.05, 0) is 57.8 Å². The van der Waals surface area contributed by atoms with E-state index in [1.807, 2.05) is 0 Å². The van der Waals surface area contributed by atoms with E-state index in [1.54, 1.807) is 0 Å². The number of hydrogen-bond donors (Lipinski definition) is 2. The molecule has 0 aliphatic carbocycles. The Bertz CT molecular complexity index is 1110. The molecule has 0 saturated carbocycles. The van der Waals surface area contributed by atoms with Gasteiger partial charge in [0.25, 0.3) is 0 Å². The average molecular weight is 864 g/mol. The molecule has 0 aromatic rings. The number of allylic oxidation sites excluding steroid dienone is 10. The highest BCUT2D eigenvalue weighted by Gasteiger charge is 2.25. The van der Waals surface area contributed by atoms with Crippen LogP contribution in [0, 0.1) is 0 Å². The maximum absolute atomic E-state index is 12.6. The number of nitrogens with two attached hydrogens (primary N) is 1. The highest BCUT2D eigenvalue weighted by Crippen LogP contribution is 2.43. The molecule has 0 aliphatic rings. The monoisotopic (exact) mass is 864 g/mol. The van der Waals surface area contributed by atoms with Gasteiger partial charge in [-0.3, -0.25) is 13.8 Å². The Morgan fingerprint density at radius 2 is 0.933 bits per heavy atom. The maximum atomic E-state index is 12.6. The van der Waals surface area contributed by atoms with E-state index in [1.165, 1.54) is 128 Å². The molecule has 0 bridgehead atoms. The fourth-order valence-electron chi connectivity index (χ4n) is 6.85. The Hall–Kier alpha value is -1.80. The van der Waals surface area contributed by atoms with E-state index in [0.29, 0.717) is 13.0 Å². The molecule has 0 aromatic carbocycles. The third kappa shape index (κ3) is 47.3. The van der Waals surface area contributed by atoms with Crippen LogP contribution < -0.4 is 5.73 Å². The van der Waals surface area contributed by atoms with Gasteiger partial charge >= 0.3 is 13.8 Å². The van der Waals surface area contributed by atoms with Gasteiger partial charge in [0, 0.05) is 19.6 Å². The van der Waals surface area contributed by atoms with E-state index < -0.39 is 13.9 Å². The van der Waals surface area contributed by atoms with Gasteiger partial charge in [-0.1, -0.05) is 216 Å². The molecule has 60 heavy (non-hydrogen) atoms. The molecule has 0 amide bonds. The molecule has 9 heteroatoms. The summed E-state index contributed by atoms with van der Waals surface area (Å²) in [5.41, 5.74) is 5.38. The molecule has 0 saturated heterocycles. The minimum absolute atomic E-state index is 0.0974. The minimum atomic E-state index is -4.28. The second-order valence-electron chi connectivity index (χ2n) is 16.3. The smallest absolute Gasteiger partial charge is 0.457 e. The van der Waals surface area contributed by atoms with E-state index >= 15 is 0 Å². The molecule has 3 N–H and O–H groups in total. The summed E-state index contributed by atoms with van der Waals surface area (Å²) >= 11 is 0. The Morgan fingerprint density at radius 3 is 1.40 bits per heavy atom. The number of phosphoric ester groups is 1. The number of unbranched alkanes of at least 4 members (excludes halogenated alkanes) is 24. The summed E-state index contributed by atoms with van der Waals surface area (Å²) in [4.78, 5) is 22.6. The van der Waals surface area contributed by atoms with Gasteiger partial charge in [0.05, 0.1) is 19.8 Å². The molecule has 2 unspecified atom stereocenters. The van der Waals surface area contributed by atoms with Crippen LogP contribution in [0.2, 0.25) is 0 Å². The van der Waals surface area contributed by atoms with E-state index in [9.17, 15) is 14.3 Å². The summed E-state index contributed by atoms with van der Waals surface area (Å²) in [6, 6.07) is 0. The van der Waals surface area contributed by atoms with Crippen molar-refractivity contribution in [2.75, 3.05) is 33.0 Å².